The van der Waals surface area contributed by atoms with Crippen LogP contribution in [0.25, 0.3) is 5.70 Å². The molecule has 0 amide bonds. The second kappa shape index (κ2) is 6.00. The van der Waals surface area contributed by atoms with E-state index in [9.17, 15) is 4.79 Å². The average molecular weight is 316 g/mol. The molecule has 1 unspecified atom stereocenters. The molecular formula is C21H20N2O. The smallest absolute Gasteiger partial charge is 0.161 e. The molecule has 1 atom stereocenters. The number of carbonyl (C=O) groups is 1. The van der Waals surface area contributed by atoms with Gasteiger partial charge in [-0.25, -0.2) is 0 Å². The zero-order valence-electron chi connectivity index (χ0n) is 13.5. The molecule has 3 nitrogen and oxygen atoms in total. The number of allylic oxidation sites excluding steroid dienone is 3. The van der Waals surface area contributed by atoms with Gasteiger partial charge in [0.05, 0.1) is 0 Å². The topological polar surface area (TPSA) is 55.1 Å². The number of ketones is 1. The maximum absolute atomic E-state index is 12.6. The lowest BCUT2D eigenvalue weighted by Crippen LogP contribution is -2.28. The number of hydrogen-bond acceptors (Lipinski definition) is 3. The Hall–Kier alpha value is -2.81. The number of anilines is 1. The van der Waals surface area contributed by atoms with E-state index in [1.54, 1.807) is 0 Å². The van der Waals surface area contributed by atoms with E-state index in [0.717, 1.165) is 46.6 Å². The fraction of sp³-hybridized carbons (Fsp3) is 0.190. The standard InChI is InChI=1S/C21H20N2O/c22-16-11-9-14(10-12-16)17-13-19(15-5-2-1-3-6-15)23-18-7-4-8-20(24)21(17)18/h1-3,5-6,9-13,17,23H,4,7-8,22H2. The summed E-state index contributed by atoms with van der Waals surface area (Å²) in [5.74, 6) is 0.249. The third-order valence-electron chi connectivity index (χ3n) is 4.77. The van der Waals surface area contributed by atoms with Crippen molar-refractivity contribution in [2.24, 2.45) is 0 Å². The maximum Gasteiger partial charge on any atom is 0.161 e. The van der Waals surface area contributed by atoms with E-state index in [4.69, 9.17) is 5.73 Å². The number of hydrogen-bond donors (Lipinski definition) is 2. The fourth-order valence-corrected chi connectivity index (χ4v) is 3.56. The lowest BCUT2D eigenvalue weighted by molar-refractivity contribution is -0.116. The van der Waals surface area contributed by atoms with Gasteiger partial charge in [-0.2, -0.15) is 0 Å². The van der Waals surface area contributed by atoms with Gasteiger partial charge in [-0.1, -0.05) is 42.5 Å². The number of dihydropyridines is 1. The number of nitrogen functional groups attached to an aromatic ring is 1. The Kier molecular flexibility index (Phi) is 3.69. The highest BCUT2D eigenvalue weighted by molar-refractivity contribution is 6.00. The van der Waals surface area contributed by atoms with Crippen molar-refractivity contribution in [2.75, 3.05) is 5.73 Å². The van der Waals surface area contributed by atoms with Crippen molar-refractivity contribution in [2.45, 2.75) is 25.2 Å². The molecule has 1 heterocycles. The lowest BCUT2D eigenvalue weighted by atomic mass is 9.79. The Labute approximate surface area is 141 Å². The highest BCUT2D eigenvalue weighted by Gasteiger charge is 2.31. The molecule has 3 N–H and O–H groups in total. The highest BCUT2D eigenvalue weighted by Crippen LogP contribution is 2.39. The number of rotatable bonds is 2. The van der Waals surface area contributed by atoms with Crippen molar-refractivity contribution < 1.29 is 4.79 Å². The molecule has 0 aromatic heterocycles. The van der Waals surface area contributed by atoms with Crippen LogP contribution in [-0.2, 0) is 4.79 Å². The third-order valence-corrected chi connectivity index (χ3v) is 4.77. The molecule has 4 rings (SSSR count). The van der Waals surface area contributed by atoms with Crippen LogP contribution in [0.1, 0.15) is 36.3 Å². The second-order valence-corrected chi connectivity index (χ2v) is 6.38. The van der Waals surface area contributed by atoms with Crippen LogP contribution in [-0.4, -0.2) is 5.78 Å². The minimum absolute atomic E-state index is 0.00939. The molecule has 3 heteroatoms. The van der Waals surface area contributed by atoms with Gasteiger partial charge >= 0.3 is 0 Å². The molecule has 0 spiro atoms. The van der Waals surface area contributed by atoms with Crippen molar-refractivity contribution in [3.63, 3.8) is 0 Å². The summed E-state index contributed by atoms with van der Waals surface area (Å²) in [6, 6.07) is 18.1. The molecule has 120 valence electrons. The van der Waals surface area contributed by atoms with Crippen LogP contribution < -0.4 is 11.1 Å². The van der Waals surface area contributed by atoms with Gasteiger partial charge < -0.3 is 11.1 Å². The third kappa shape index (κ3) is 2.62. The van der Waals surface area contributed by atoms with E-state index in [1.807, 2.05) is 42.5 Å². The molecule has 2 aromatic carbocycles. The molecule has 1 aliphatic carbocycles. The van der Waals surface area contributed by atoms with Gasteiger partial charge in [0.25, 0.3) is 0 Å². The van der Waals surface area contributed by atoms with Crippen LogP contribution in [0.2, 0.25) is 0 Å². The summed E-state index contributed by atoms with van der Waals surface area (Å²) in [4.78, 5) is 12.6. The highest BCUT2D eigenvalue weighted by atomic mass is 16.1. The summed E-state index contributed by atoms with van der Waals surface area (Å²) >= 11 is 0. The van der Waals surface area contributed by atoms with Crippen LogP contribution in [0.3, 0.4) is 0 Å². The van der Waals surface area contributed by atoms with E-state index < -0.39 is 0 Å². The van der Waals surface area contributed by atoms with Crippen LogP contribution in [0.5, 0.6) is 0 Å². The number of Topliss-reactive ketones (excluding diaryl/α,β-unsaturated/α-hetero) is 1. The minimum atomic E-state index is -0.00939. The van der Waals surface area contributed by atoms with E-state index >= 15 is 0 Å². The van der Waals surface area contributed by atoms with Crippen molar-refractivity contribution in [3.05, 3.63) is 83.1 Å². The number of nitrogens with one attached hydrogen (secondary N) is 1. The Morgan fingerprint density at radius 2 is 1.71 bits per heavy atom. The van der Waals surface area contributed by atoms with Crippen molar-refractivity contribution in [1.82, 2.24) is 5.32 Å². The number of nitrogens with two attached hydrogens (primary N) is 1. The van der Waals surface area contributed by atoms with E-state index in [2.05, 4.69) is 23.5 Å². The molecule has 2 aliphatic rings. The van der Waals surface area contributed by atoms with Gasteiger partial charge in [0.15, 0.2) is 5.78 Å². The zero-order valence-corrected chi connectivity index (χ0v) is 13.5. The molecular weight excluding hydrogens is 296 g/mol. The maximum atomic E-state index is 12.6. The molecule has 0 radical (unpaired) electrons. The zero-order chi connectivity index (χ0) is 16.5. The monoisotopic (exact) mass is 316 g/mol. The first kappa shape index (κ1) is 14.8. The summed E-state index contributed by atoms with van der Waals surface area (Å²) in [5.41, 5.74) is 11.9. The molecule has 0 fully saturated rings. The Morgan fingerprint density at radius 3 is 2.46 bits per heavy atom. The first-order chi connectivity index (χ1) is 11.7. The Morgan fingerprint density at radius 1 is 0.958 bits per heavy atom. The SMILES string of the molecule is Nc1ccc(C2C=C(c3ccccc3)NC3=C2C(=O)CCC3)cc1. The molecule has 1 aliphatic heterocycles. The molecule has 2 aromatic rings. The van der Waals surface area contributed by atoms with Gasteiger partial charge in [-0.15, -0.1) is 0 Å². The molecule has 24 heavy (non-hydrogen) atoms. The van der Waals surface area contributed by atoms with Gasteiger partial charge in [0.2, 0.25) is 0 Å². The summed E-state index contributed by atoms with van der Waals surface area (Å²) < 4.78 is 0. The average Bonchev–Trinajstić information content (AvgIpc) is 2.62. The van der Waals surface area contributed by atoms with Crippen LogP contribution >= 0.6 is 0 Å². The molecule has 0 bridgehead atoms. The first-order valence-corrected chi connectivity index (χ1v) is 8.38. The first-order valence-electron chi connectivity index (χ1n) is 8.38. The number of carbonyl (C=O) groups excluding carboxylic acids is 1. The van der Waals surface area contributed by atoms with E-state index in [1.165, 1.54) is 0 Å². The van der Waals surface area contributed by atoms with Gasteiger partial charge in [0, 0.05) is 35.0 Å². The second-order valence-electron chi connectivity index (χ2n) is 6.38. The molecule has 0 saturated heterocycles. The Bertz CT molecular complexity index is 832. The van der Waals surface area contributed by atoms with Gasteiger partial charge in [-0.3, -0.25) is 4.79 Å². The molecule has 0 saturated carbocycles. The predicted molar refractivity (Wildman–Crippen MR) is 97.0 cm³/mol. The minimum Gasteiger partial charge on any atom is -0.399 e. The normalized spacial score (nSPS) is 20.2. The fourth-order valence-electron chi connectivity index (χ4n) is 3.56. The van der Waals surface area contributed by atoms with Crippen LogP contribution in [0.15, 0.2) is 71.9 Å². The van der Waals surface area contributed by atoms with Crippen molar-refractivity contribution >= 4 is 17.2 Å². The van der Waals surface area contributed by atoms with Gasteiger partial charge in [0.1, 0.15) is 0 Å². The van der Waals surface area contributed by atoms with Crippen LogP contribution in [0, 0.1) is 0 Å². The summed E-state index contributed by atoms with van der Waals surface area (Å²) in [5, 5.41) is 3.51. The predicted octanol–water partition coefficient (Wildman–Crippen LogP) is 4.00. The van der Waals surface area contributed by atoms with E-state index in [-0.39, 0.29) is 11.7 Å². The summed E-state index contributed by atoms with van der Waals surface area (Å²) in [6.07, 6.45) is 4.65. The van der Waals surface area contributed by atoms with Crippen molar-refractivity contribution in [1.29, 1.82) is 0 Å². The lowest BCUT2D eigenvalue weighted by Gasteiger charge is -2.31. The van der Waals surface area contributed by atoms with Crippen molar-refractivity contribution in [3.8, 4) is 0 Å². The summed E-state index contributed by atoms with van der Waals surface area (Å²) in [7, 11) is 0. The quantitative estimate of drug-likeness (QED) is 0.823. The summed E-state index contributed by atoms with van der Waals surface area (Å²) in [6.45, 7) is 0. The number of benzene rings is 2. The van der Waals surface area contributed by atoms with Crippen LogP contribution in [0.4, 0.5) is 5.69 Å². The largest absolute Gasteiger partial charge is 0.399 e. The van der Waals surface area contributed by atoms with Gasteiger partial charge in [-0.05, 0) is 42.2 Å². The van der Waals surface area contributed by atoms with E-state index in [0.29, 0.717) is 6.42 Å². The Balaban J connectivity index is 1.82.